The van der Waals surface area contributed by atoms with Crippen LogP contribution in [0.4, 0.5) is 0 Å². The Morgan fingerprint density at radius 1 is 1.05 bits per heavy atom. The van der Waals surface area contributed by atoms with E-state index in [0.717, 1.165) is 25.7 Å². The first-order valence-corrected chi connectivity index (χ1v) is 8.67. The molecule has 0 aromatic heterocycles. The van der Waals surface area contributed by atoms with Crippen molar-refractivity contribution in [2.75, 3.05) is 13.0 Å². The van der Waals surface area contributed by atoms with Crippen LogP contribution < -0.4 is 0 Å². The summed E-state index contributed by atoms with van der Waals surface area (Å²) in [7, 11) is -4.03. The molecule has 2 N–H and O–H groups in total. The second kappa shape index (κ2) is 11.0. The van der Waals surface area contributed by atoms with Gasteiger partial charge in [-0.15, -0.1) is 0 Å². The number of unbranched alkanes of at least 4 members (excludes halogenated alkanes) is 1. The SMILES string of the molecule is CC(C)=CCC/C(C)=C/CC/C=C/COCP(=O)(O)O. The van der Waals surface area contributed by atoms with Gasteiger partial charge >= 0.3 is 7.60 Å². The van der Waals surface area contributed by atoms with Gasteiger partial charge in [-0.2, -0.15) is 0 Å². The third-order valence-electron chi connectivity index (χ3n) is 2.56. The highest BCUT2D eigenvalue weighted by atomic mass is 31.2. The van der Waals surface area contributed by atoms with E-state index in [9.17, 15) is 4.57 Å². The molecule has 0 heterocycles. The van der Waals surface area contributed by atoms with Gasteiger partial charge in [0.25, 0.3) is 0 Å². The number of hydrogen-bond acceptors (Lipinski definition) is 2. The van der Waals surface area contributed by atoms with Gasteiger partial charge in [-0.25, -0.2) is 0 Å². The van der Waals surface area contributed by atoms with Crippen LogP contribution in [-0.4, -0.2) is 22.7 Å². The fourth-order valence-electron chi connectivity index (χ4n) is 1.54. The molecule has 5 heteroatoms. The van der Waals surface area contributed by atoms with Crippen molar-refractivity contribution < 1.29 is 19.1 Å². The van der Waals surface area contributed by atoms with Crippen LogP contribution in [0, 0.1) is 0 Å². The molecule has 0 aromatic carbocycles. The van der Waals surface area contributed by atoms with Gasteiger partial charge < -0.3 is 14.5 Å². The molecule has 20 heavy (non-hydrogen) atoms. The lowest BCUT2D eigenvalue weighted by molar-refractivity contribution is 0.184. The molecule has 0 rings (SSSR count). The second-order valence-corrected chi connectivity index (χ2v) is 6.67. The van der Waals surface area contributed by atoms with Gasteiger partial charge in [0, 0.05) is 0 Å². The Hall–Kier alpha value is -0.670. The van der Waals surface area contributed by atoms with Crippen LogP contribution in [0.2, 0.25) is 0 Å². The Balaban J connectivity index is 3.63. The van der Waals surface area contributed by atoms with E-state index in [1.807, 2.05) is 6.08 Å². The molecule has 0 unspecified atom stereocenters. The van der Waals surface area contributed by atoms with Gasteiger partial charge in [0.2, 0.25) is 0 Å². The molecule has 0 saturated carbocycles. The molecule has 0 aliphatic rings. The summed E-state index contributed by atoms with van der Waals surface area (Å²) in [4.78, 5) is 17.1. The maximum atomic E-state index is 10.5. The molecule has 0 fully saturated rings. The average Bonchev–Trinajstić information content (AvgIpc) is 2.30. The molecule has 116 valence electrons. The summed E-state index contributed by atoms with van der Waals surface area (Å²) in [5.41, 5.74) is 2.75. The normalized spacial score (nSPS) is 12.9. The highest BCUT2D eigenvalue weighted by molar-refractivity contribution is 7.51. The van der Waals surface area contributed by atoms with Gasteiger partial charge in [-0.1, -0.05) is 35.5 Å². The predicted octanol–water partition coefficient (Wildman–Crippen LogP) is 4.17. The van der Waals surface area contributed by atoms with Gasteiger partial charge in [-0.05, 0) is 46.5 Å². The molecule has 0 bridgehead atoms. The summed E-state index contributed by atoms with van der Waals surface area (Å²) in [6, 6.07) is 0. The number of allylic oxidation sites excluding steroid dienone is 5. The Bertz CT molecular complexity index is 387. The summed E-state index contributed by atoms with van der Waals surface area (Å²) in [5.74, 6) is 0. The number of ether oxygens (including phenoxy) is 1. The topological polar surface area (TPSA) is 66.8 Å². The van der Waals surface area contributed by atoms with E-state index in [4.69, 9.17) is 14.5 Å². The highest BCUT2D eigenvalue weighted by Gasteiger charge is 2.11. The van der Waals surface area contributed by atoms with Gasteiger partial charge in [0.1, 0.15) is 6.35 Å². The Labute approximate surface area is 122 Å². The summed E-state index contributed by atoms with van der Waals surface area (Å²) < 4.78 is 15.3. The fourth-order valence-corrected chi connectivity index (χ4v) is 1.89. The molecular formula is C15H27O4P. The minimum atomic E-state index is -4.03. The fraction of sp³-hybridized carbons (Fsp3) is 0.600. The Kier molecular flexibility index (Phi) is 10.7. The Morgan fingerprint density at radius 3 is 2.35 bits per heavy atom. The number of rotatable bonds is 10. The van der Waals surface area contributed by atoms with Crippen molar-refractivity contribution in [2.45, 2.75) is 46.5 Å². The first kappa shape index (κ1) is 19.3. The van der Waals surface area contributed by atoms with E-state index >= 15 is 0 Å². The lowest BCUT2D eigenvalue weighted by Crippen LogP contribution is -1.94. The summed E-state index contributed by atoms with van der Waals surface area (Å²) in [6.45, 7) is 6.61. The van der Waals surface area contributed by atoms with Crippen LogP contribution in [0.25, 0.3) is 0 Å². The van der Waals surface area contributed by atoms with Crippen molar-refractivity contribution in [3.63, 3.8) is 0 Å². The van der Waals surface area contributed by atoms with Crippen LogP contribution >= 0.6 is 7.60 Å². The van der Waals surface area contributed by atoms with Crippen molar-refractivity contribution in [3.8, 4) is 0 Å². The lowest BCUT2D eigenvalue weighted by Gasteiger charge is -2.02. The quantitative estimate of drug-likeness (QED) is 0.361. The van der Waals surface area contributed by atoms with Crippen molar-refractivity contribution >= 4 is 7.60 Å². The molecule has 0 amide bonds. The van der Waals surface area contributed by atoms with E-state index in [2.05, 4.69) is 32.9 Å². The van der Waals surface area contributed by atoms with E-state index in [-0.39, 0.29) is 6.61 Å². The largest absolute Gasteiger partial charge is 0.365 e. The molecule has 0 aliphatic heterocycles. The summed E-state index contributed by atoms with van der Waals surface area (Å²) in [5, 5.41) is 0. The van der Waals surface area contributed by atoms with Crippen LogP contribution in [-0.2, 0) is 9.30 Å². The molecule has 0 spiro atoms. The van der Waals surface area contributed by atoms with Crippen molar-refractivity contribution in [1.29, 1.82) is 0 Å². The van der Waals surface area contributed by atoms with Crippen LogP contribution in [0.5, 0.6) is 0 Å². The van der Waals surface area contributed by atoms with Crippen molar-refractivity contribution in [2.24, 2.45) is 0 Å². The highest BCUT2D eigenvalue weighted by Crippen LogP contribution is 2.33. The molecule has 0 aromatic rings. The standard InChI is InChI=1S/C15H27O4P/c1-14(2)9-8-11-15(3)10-6-4-5-7-12-19-13-20(16,17)18/h5,7,9-10H,4,6,8,11-13H2,1-3H3,(H2,16,17,18)/b7-5+,15-10+. The Morgan fingerprint density at radius 2 is 1.75 bits per heavy atom. The lowest BCUT2D eigenvalue weighted by atomic mass is 10.1. The van der Waals surface area contributed by atoms with E-state index in [0.29, 0.717) is 0 Å². The van der Waals surface area contributed by atoms with Gasteiger partial charge in [0.05, 0.1) is 6.61 Å². The predicted molar refractivity (Wildman–Crippen MR) is 83.7 cm³/mol. The van der Waals surface area contributed by atoms with E-state index < -0.39 is 13.9 Å². The smallest absolute Gasteiger partial charge is 0.350 e. The third-order valence-corrected chi connectivity index (χ3v) is 3.08. The first-order chi connectivity index (χ1) is 9.31. The van der Waals surface area contributed by atoms with Crippen molar-refractivity contribution in [1.82, 2.24) is 0 Å². The van der Waals surface area contributed by atoms with Gasteiger partial charge in [-0.3, -0.25) is 4.57 Å². The monoisotopic (exact) mass is 302 g/mol. The van der Waals surface area contributed by atoms with Crippen LogP contribution in [0.1, 0.15) is 46.5 Å². The molecular weight excluding hydrogens is 275 g/mol. The minimum absolute atomic E-state index is 0.244. The average molecular weight is 302 g/mol. The van der Waals surface area contributed by atoms with Crippen LogP contribution in [0.15, 0.2) is 35.5 Å². The zero-order valence-corrected chi connectivity index (χ0v) is 13.6. The first-order valence-electron chi connectivity index (χ1n) is 6.87. The molecule has 0 radical (unpaired) electrons. The zero-order chi connectivity index (χ0) is 15.4. The molecule has 0 atom stereocenters. The molecule has 4 nitrogen and oxygen atoms in total. The van der Waals surface area contributed by atoms with Gasteiger partial charge in [0.15, 0.2) is 0 Å². The molecule has 0 aliphatic carbocycles. The van der Waals surface area contributed by atoms with E-state index in [1.165, 1.54) is 11.1 Å². The van der Waals surface area contributed by atoms with Crippen LogP contribution in [0.3, 0.4) is 0 Å². The second-order valence-electron chi connectivity index (χ2n) is 5.08. The maximum absolute atomic E-state index is 10.5. The minimum Gasteiger partial charge on any atom is -0.365 e. The van der Waals surface area contributed by atoms with E-state index in [1.54, 1.807) is 6.08 Å². The zero-order valence-electron chi connectivity index (χ0n) is 12.7. The third kappa shape index (κ3) is 15.4. The summed E-state index contributed by atoms with van der Waals surface area (Å²) >= 11 is 0. The number of hydrogen-bond donors (Lipinski definition) is 2. The maximum Gasteiger partial charge on any atom is 0.350 e. The summed E-state index contributed by atoms with van der Waals surface area (Å²) in [6.07, 6.45) is 11.8. The van der Waals surface area contributed by atoms with Crippen molar-refractivity contribution in [3.05, 3.63) is 35.5 Å². The molecule has 0 saturated heterocycles.